The molecule has 0 unspecified atom stereocenters. The van der Waals surface area contributed by atoms with Crippen LogP contribution in [0.5, 0.6) is 0 Å². The van der Waals surface area contributed by atoms with Crippen LogP contribution >= 0.6 is 23.4 Å². The maximum Gasteiger partial charge on any atom is 0.301 e. The molecule has 0 aliphatic heterocycles. The topological polar surface area (TPSA) is 128 Å². The lowest BCUT2D eigenvalue weighted by Gasteiger charge is -2.02. The van der Waals surface area contributed by atoms with Gasteiger partial charge >= 0.3 is 5.69 Å². The number of aromatic nitrogens is 3. The molecule has 0 atom stereocenters. The Kier molecular flexibility index (Phi) is 3.67. The van der Waals surface area contributed by atoms with Gasteiger partial charge in [0, 0.05) is 12.1 Å². The highest BCUT2D eigenvalue weighted by molar-refractivity contribution is 7.99. The molecule has 19 heavy (non-hydrogen) atoms. The minimum atomic E-state index is -0.601. The highest BCUT2D eigenvalue weighted by atomic mass is 35.5. The number of nitro groups is 1. The summed E-state index contributed by atoms with van der Waals surface area (Å²) in [6.07, 6.45) is 0. The van der Waals surface area contributed by atoms with E-state index in [0.29, 0.717) is 0 Å². The molecular formula is C9H6ClN5O3S. The average Bonchev–Trinajstić information content (AvgIpc) is 2.26. The lowest BCUT2D eigenvalue weighted by Crippen LogP contribution is -2.09. The van der Waals surface area contributed by atoms with Crippen LogP contribution in [-0.2, 0) is 0 Å². The summed E-state index contributed by atoms with van der Waals surface area (Å²) in [5.41, 5.74) is 4.72. The van der Waals surface area contributed by atoms with Crippen molar-refractivity contribution in [2.24, 2.45) is 0 Å². The van der Waals surface area contributed by atoms with Crippen LogP contribution in [-0.4, -0.2) is 19.9 Å². The van der Waals surface area contributed by atoms with E-state index >= 15 is 0 Å². The van der Waals surface area contributed by atoms with E-state index < -0.39 is 10.5 Å². The predicted molar refractivity (Wildman–Crippen MR) is 69.3 cm³/mol. The van der Waals surface area contributed by atoms with Crippen LogP contribution < -0.4 is 11.3 Å². The molecule has 2 aromatic heterocycles. The number of nitrogens with two attached hydrogens (primary N) is 1. The molecule has 0 radical (unpaired) electrons. The Morgan fingerprint density at radius 1 is 1.42 bits per heavy atom. The van der Waals surface area contributed by atoms with E-state index in [9.17, 15) is 14.9 Å². The van der Waals surface area contributed by atoms with E-state index in [1.807, 2.05) is 0 Å². The van der Waals surface area contributed by atoms with Crippen LogP contribution in [0.25, 0.3) is 0 Å². The smallest absolute Gasteiger partial charge is 0.301 e. The van der Waals surface area contributed by atoms with Crippen molar-refractivity contribution in [1.29, 1.82) is 0 Å². The lowest BCUT2D eigenvalue weighted by atomic mass is 10.4. The Balaban J connectivity index is 2.45. The van der Waals surface area contributed by atoms with Crippen molar-refractivity contribution < 1.29 is 4.92 Å². The highest BCUT2D eigenvalue weighted by Crippen LogP contribution is 2.31. The van der Waals surface area contributed by atoms with Crippen molar-refractivity contribution in [3.63, 3.8) is 0 Å². The van der Waals surface area contributed by atoms with Gasteiger partial charge < -0.3 is 10.7 Å². The molecule has 98 valence electrons. The Morgan fingerprint density at radius 2 is 2.16 bits per heavy atom. The molecule has 0 aliphatic carbocycles. The number of H-pyrrole nitrogens is 1. The zero-order chi connectivity index (χ0) is 14.0. The first kappa shape index (κ1) is 13.3. The van der Waals surface area contributed by atoms with Gasteiger partial charge in [-0.1, -0.05) is 11.6 Å². The summed E-state index contributed by atoms with van der Waals surface area (Å²) < 4.78 is 0. The van der Waals surface area contributed by atoms with Gasteiger partial charge in [0.1, 0.15) is 11.0 Å². The van der Waals surface area contributed by atoms with Gasteiger partial charge in [-0.25, -0.2) is 9.97 Å². The number of halogens is 1. The fourth-order valence-corrected chi connectivity index (χ4v) is 2.29. The summed E-state index contributed by atoms with van der Waals surface area (Å²) in [6.45, 7) is 0. The minimum absolute atomic E-state index is 0.0101. The van der Waals surface area contributed by atoms with Crippen molar-refractivity contribution in [3.05, 3.63) is 43.8 Å². The Bertz CT molecular complexity index is 704. The molecule has 0 saturated heterocycles. The standard InChI is InChI=1S/C9H6ClN5O3S/c10-5-2-1-4(15(17)18)8(12-5)19-9-13-6(11)3-7(16)14-9/h1-3H,(H3,11,13,14,16). The number of rotatable bonds is 3. The molecule has 3 N–H and O–H groups in total. The van der Waals surface area contributed by atoms with E-state index in [0.717, 1.165) is 17.8 Å². The molecule has 2 heterocycles. The largest absolute Gasteiger partial charge is 0.383 e. The van der Waals surface area contributed by atoms with Gasteiger partial charge in [0.25, 0.3) is 5.56 Å². The van der Waals surface area contributed by atoms with Gasteiger partial charge in [-0.05, 0) is 17.8 Å². The van der Waals surface area contributed by atoms with Crippen molar-refractivity contribution in [2.75, 3.05) is 5.73 Å². The zero-order valence-electron chi connectivity index (χ0n) is 9.16. The van der Waals surface area contributed by atoms with Crippen LogP contribution in [0.3, 0.4) is 0 Å². The van der Waals surface area contributed by atoms with Crippen LogP contribution in [0.1, 0.15) is 0 Å². The van der Waals surface area contributed by atoms with E-state index in [-0.39, 0.29) is 26.8 Å². The maximum atomic E-state index is 11.2. The molecule has 2 rings (SSSR count). The fourth-order valence-electron chi connectivity index (χ4n) is 1.22. The third-order valence-electron chi connectivity index (χ3n) is 1.94. The van der Waals surface area contributed by atoms with Crippen molar-refractivity contribution in [1.82, 2.24) is 15.0 Å². The maximum absolute atomic E-state index is 11.2. The molecule has 0 bridgehead atoms. The molecule has 0 aromatic carbocycles. The predicted octanol–water partition coefficient (Wildman–Crippen LogP) is 1.46. The van der Waals surface area contributed by atoms with Crippen LogP contribution in [0.4, 0.5) is 11.5 Å². The Labute approximate surface area is 115 Å². The molecule has 0 fully saturated rings. The average molecular weight is 300 g/mol. The summed E-state index contributed by atoms with van der Waals surface area (Å²) in [5.74, 6) is 0.0101. The minimum Gasteiger partial charge on any atom is -0.383 e. The van der Waals surface area contributed by atoms with Gasteiger partial charge in [-0.2, -0.15) is 0 Å². The third-order valence-corrected chi connectivity index (χ3v) is 3.03. The quantitative estimate of drug-likeness (QED) is 0.380. The van der Waals surface area contributed by atoms with E-state index in [4.69, 9.17) is 17.3 Å². The molecular weight excluding hydrogens is 294 g/mol. The highest BCUT2D eigenvalue weighted by Gasteiger charge is 2.18. The first-order chi connectivity index (χ1) is 8.95. The number of nitrogens with one attached hydrogen (secondary N) is 1. The van der Waals surface area contributed by atoms with E-state index in [1.54, 1.807) is 0 Å². The molecule has 2 aromatic rings. The number of pyridine rings is 1. The summed E-state index contributed by atoms with van der Waals surface area (Å²) in [4.78, 5) is 31.5. The SMILES string of the molecule is Nc1cc(=O)[nH]c(Sc2nc(Cl)ccc2[N+](=O)[O-])n1. The normalized spacial score (nSPS) is 10.4. The fraction of sp³-hybridized carbons (Fsp3) is 0. The molecule has 0 amide bonds. The summed E-state index contributed by atoms with van der Waals surface area (Å²) in [5, 5.41) is 11.1. The van der Waals surface area contributed by atoms with E-state index in [1.165, 1.54) is 12.1 Å². The molecule has 0 saturated carbocycles. The number of hydrogen-bond acceptors (Lipinski definition) is 7. The van der Waals surface area contributed by atoms with Gasteiger partial charge in [0.05, 0.1) is 4.92 Å². The van der Waals surface area contributed by atoms with Gasteiger partial charge in [-0.15, -0.1) is 0 Å². The zero-order valence-corrected chi connectivity index (χ0v) is 10.7. The number of hydrogen-bond donors (Lipinski definition) is 2. The van der Waals surface area contributed by atoms with Crippen LogP contribution in [0.15, 0.2) is 33.2 Å². The van der Waals surface area contributed by atoms with Crippen LogP contribution in [0.2, 0.25) is 5.15 Å². The second-order valence-electron chi connectivity index (χ2n) is 3.29. The number of anilines is 1. The van der Waals surface area contributed by atoms with Crippen molar-refractivity contribution in [2.45, 2.75) is 10.2 Å². The molecule has 8 nitrogen and oxygen atoms in total. The first-order valence-corrected chi connectivity index (χ1v) is 6.01. The third kappa shape index (κ3) is 3.20. The summed E-state index contributed by atoms with van der Waals surface area (Å²) >= 11 is 6.49. The molecule has 10 heteroatoms. The van der Waals surface area contributed by atoms with E-state index in [2.05, 4.69) is 15.0 Å². The number of nitrogen functional groups attached to an aromatic ring is 1. The first-order valence-electron chi connectivity index (χ1n) is 4.81. The lowest BCUT2D eigenvalue weighted by molar-refractivity contribution is -0.388. The van der Waals surface area contributed by atoms with Crippen molar-refractivity contribution >= 4 is 34.9 Å². The molecule has 0 aliphatic rings. The summed E-state index contributed by atoms with van der Waals surface area (Å²) in [7, 11) is 0. The van der Waals surface area contributed by atoms with Crippen LogP contribution in [0, 0.1) is 10.1 Å². The van der Waals surface area contributed by atoms with Crippen molar-refractivity contribution in [3.8, 4) is 0 Å². The number of aromatic amines is 1. The second-order valence-corrected chi connectivity index (χ2v) is 4.66. The van der Waals surface area contributed by atoms with Gasteiger partial charge in [0.2, 0.25) is 0 Å². The second kappa shape index (κ2) is 5.24. The van der Waals surface area contributed by atoms with Gasteiger partial charge in [-0.3, -0.25) is 14.9 Å². The Morgan fingerprint density at radius 3 is 2.79 bits per heavy atom. The molecule has 0 spiro atoms. The Hall–Kier alpha value is -2.13. The summed E-state index contributed by atoms with van der Waals surface area (Å²) in [6, 6.07) is 3.63. The number of nitrogens with zero attached hydrogens (tertiary/aromatic N) is 3. The monoisotopic (exact) mass is 299 g/mol. The van der Waals surface area contributed by atoms with Gasteiger partial charge in [0.15, 0.2) is 10.2 Å².